The lowest BCUT2D eigenvalue weighted by Crippen LogP contribution is -2.12. The van der Waals surface area contributed by atoms with E-state index in [0.29, 0.717) is 0 Å². The van der Waals surface area contributed by atoms with Gasteiger partial charge >= 0.3 is 0 Å². The highest BCUT2D eigenvalue weighted by atomic mass is 35.5. The summed E-state index contributed by atoms with van der Waals surface area (Å²) in [6.07, 6.45) is 3.69. The Kier molecular flexibility index (Phi) is 7.17. The second-order valence-electron chi connectivity index (χ2n) is 4.65. The predicted octanol–water partition coefficient (Wildman–Crippen LogP) is 4.37. The molecule has 0 spiro atoms. The second-order valence-corrected chi connectivity index (χ2v) is 4.65. The summed E-state index contributed by atoms with van der Waals surface area (Å²) >= 11 is 0. The molecule has 0 saturated heterocycles. The minimum absolute atomic E-state index is 0. The molecule has 1 aromatic heterocycles. The molecule has 0 saturated carbocycles. The van der Waals surface area contributed by atoms with Gasteiger partial charge in [0.05, 0.1) is 0 Å². The molecule has 0 aliphatic carbocycles. The summed E-state index contributed by atoms with van der Waals surface area (Å²) in [6.45, 7) is 1.72. The second kappa shape index (κ2) is 8.63. The maximum Gasteiger partial charge on any atom is 0.0312 e. The van der Waals surface area contributed by atoms with E-state index in [9.17, 15) is 0 Å². The zero-order valence-corrected chi connectivity index (χ0v) is 13.2. The van der Waals surface area contributed by atoms with Gasteiger partial charge in [0.25, 0.3) is 0 Å². The topological polar surface area (TPSA) is 24.9 Å². The van der Waals surface area contributed by atoms with Gasteiger partial charge in [-0.1, -0.05) is 42.5 Å². The molecular formula is C17H18Cl2N2. The molecule has 0 aliphatic rings. The van der Waals surface area contributed by atoms with Gasteiger partial charge in [0.15, 0.2) is 0 Å². The Morgan fingerprint density at radius 1 is 0.762 bits per heavy atom. The molecule has 0 amide bonds. The van der Waals surface area contributed by atoms with Gasteiger partial charge in [-0.15, -0.1) is 24.8 Å². The van der Waals surface area contributed by atoms with E-state index < -0.39 is 0 Å². The molecule has 0 aliphatic heterocycles. The summed E-state index contributed by atoms with van der Waals surface area (Å²) in [7, 11) is 0. The lowest BCUT2D eigenvalue weighted by Gasteiger charge is -2.06. The Bertz CT molecular complexity index is 672. The van der Waals surface area contributed by atoms with Gasteiger partial charge < -0.3 is 5.32 Å². The number of pyridine rings is 1. The molecule has 0 fully saturated rings. The minimum Gasteiger partial charge on any atom is -0.309 e. The smallest absolute Gasteiger partial charge is 0.0312 e. The van der Waals surface area contributed by atoms with Crippen LogP contribution >= 0.6 is 24.8 Å². The van der Waals surface area contributed by atoms with Crippen molar-refractivity contribution in [1.82, 2.24) is 10.3 Å². The lowest BCUT2D eigenvalue weighted by molar-refractivity contribution is 0.692. The van der Waals surface area contributed by atoms with Gasteiger partial charge in [-0.3, -0.25) is 4.98 Å². The van der Waals surface area contributed by atoms with E-state index in [2.05, 4.69) is 58.8 Å². The third kappa shape index (κ3) is 4.71. The summed E-state index contributed by atoms with van der Waals surface area (Å²) in [5.41, 5.74) is 2.52. The van der Waals surface area contributed by atoms with Gasteiger partial charge in [-0.25, -0.2) is 0 Å². The van der Waals surface area contributed by atoms with Gasteiger partial charge in [-0.2, -0.15) is 0 Å². The van der Waals surface area contributed by atoms with Crippen LogP contribution in [-0.4, -0.2) is 4.98 Å². The fraction of sp³-hybridized carbons (Fsp3) is 0.118. The minimum atomic E-state index is 0. The Labute approximate surface area is 137 Å². The standard InChI is InChI=1S/C17H16N2.2ClH/c1-2-6-17-10-14(7-8-16(17)5-1)11-19-13-15-4-3-9-18-12-15;;/h1-10,12,19H,11,13H2;2*1H. The average Bonchev–Trinajstić information content (AvgIpc) is 2.48. The molecular weight excluding hydrogens is 303 g/mol. The number of benzene rings is 2. The van der Waals surface area contributed by atoms with Crippen LogP contribution in [0.3, 0.4) is 0 Å². The highest BCUT2D eigenvalue weighted by Crippen LogP contribution is 2.15. The van der Waals surface area contributed by atoms with Crippen LogP contribution in [-0.2, 0) is 13.1 Å². The molecule has 0 atom stereocenters. The predicted molar refractivity (Wildman–Crippen MR) is 93.2 cm³/mol. The first-order chi connectivity index (χ1) is 9.42. The first-order valence-corrected chi connectivity index (χ1v) is 6.49. The zero-order valence-electron chi connectivity index (χ0n) is 11.5. The van der Waals surface area contributed by atoms with E-state index in [-0.39, 0.29) is 24.8 Å². The van der Waals surface area contributed by atoms with Crippen molar-refractivity contribution in [2.45, 2.75) is 13.1 Å². The first kappa shape index (κ1) is 17.4. The Morgan fingerprint density at radius 3 is 2.29 bits per heavy atom. The van der Waals surface area contributed by atoms with Crippen LogP contribution in [0.1, 0.15) is 11.1 Å². The normalized spacial score (nSPS) is 9.71. The summed E-state index contributed by atoms with van der Waals surface area (Å²) < 4.78 is 0. The van der Waals surface area contributed by atoms with E-state index in [1.54, 1.807) is 6.20 Å². The van der Waals surface area contributed by atoms with Gasteiger partial charge in [0.2, 0.25) is 0 Å². The Balaban J connectivity index is 0.00000110. The largest absolute Gasteiger partial charge is 0.309 e. The number of fused-ring (bicyclic) bond motifs is 1. The maximum atomic E-state index is 4.11. The van der Waals surface area contributed by atoms with E-state index in [0.717, 1.165) is 13.1 Å². The highest BCUT2D eigenvalue weighted by molar-refractivity contribution is 5.85. The SMILES string of the molecule is Cl.Cl.c1cncc(CNCc2ccc3ccccc3c2)c1. The lowest BCUT2D eigenvalue weighted by atomic mass is 10.1. The number of rotatable bonds is 4. The van der Waals surface area contributed by atoms with Crippen LogP contribution in [0.4, 0.5) is 0 Å². The number of hydrogen-bond donors (Lipinski definition) is 1. The monoisotopic (exact) mass is 320 g/mol. The molecule has 2 aromatic carbocycles. The molecule has 1 heterocycles. The fourth-order valence-corrected chi connectivity index (χ4v) is 2.20. The van der Waals surface area contributed by atoms with Crippen LogP contribution in [0, 0.1) is 0 Å². The maximum absolute atomic E-state index is 4.11. The number of nitrogens with one attached hydrogen (secondary N) is 1. The van der Waals surface area contributed by atoms with Crippen LogP contribution in [0.15, 0.2) is 67.0 Å². The number of aromatic nitrogens is 1. The summed E-state index contributed by atoms with van der Waals surface area (Å²) in [4.78, 5) is 4.11. The average molecular weight is 321 g/mol. The fourth-order valence-electron chi connectivity index (χ4n) is 2.20. The van der Waals surface area contributed by atoms with Gasteiger partial charge in [0.1, 0.15) is 0 Å². The van der Waals surface area contributed by atoms with Crippen LogP contribution in [0.5, 0.6) is 0 Å². The number of halogens is 2. The van der Waals surface area contributed by atoms with E-state index in [1.807, 2.05) is 12.3 Å². The van der Waals surface area contributed by atoms with E-state index in [1.165, 1.54) is 21.9 Å². The summed E-state index contributed by atoms with van der Waals surface area (Å²) in [5, 5.41) is 6.03. The van der Waals surface area contributed by atoms with Crippen LogP contribution in [0.2, 0.25) is 0 Å². The molecule has 0 unspecified atom stereocenters. The third-order valence-corrected chi connectivity index (χ3v) is 3.19. The molecule has 3 rings (SSSR count). The number of hydrogen-bond acceptors (Lipinski definition) is 2. The van der Waals surface area contributed by atoms with Crippen molar-refractivity contribution in [2.24, 2.45) is 0 Å². The first-order valence-electron chi connectivity index (χ1n) is 6.49. The highest BCUT2D eigenvalue weighted by Gasteiger charge is 1.96. The molecule has 3 aromatic rings. The molecule has 21 heavy (non-hydrogen) atoms. The molecule has 110 valence electrons. The Hall–Kier alpha value is -1.61. The van der Waals surface area contributed by atoms with Crippen molar-refractivity contribution < 1.29 is 0 Å². The quantitative estimate of drug-likeness (QED) is 0.772. The summed E-state index contributed by atoms with van der Waals surface area (Å²) in [5.74, 6) is 0. The van der Waals surface area contributed by atoms with Crippen molar-refractivity contribution in [3.8, 4) is 0 Å². The molecule has 4 heteroatoms. The van der Waals surface area contributed by atoms with Gasteiger partial charge in [-0.05, 0) is 34.0 Å². The van der Waals surface area contributed by atoms with Crippen molar-refractivity contribution in [2.75, 3.05) is 0 Å². The molecule has 2 nitrogen and oxygen atoms in total. The Morgan fingerprint density at radius 2 is 1.52 bits per heavy atom. The van der Waals surface area contributed by atoms with Crippen molar-refractivity contribution in [1.29, 1.82) is 0 Å². The molecule has 1 N–H and O–H groups in total. The van der Waals surface area contributed by atoms with E-state index in [4.69, 9.17) is 0 Å². The van der Waals surface area contributed by atoms with E-state index >= 15 is 0 Å². The third-order valence-electron chi connectivity index (χ3n) is 3.19. The van der Waals surface area contributed by atoms with Crippen molar-refractivity contribution >= 4 is 35.6 Å². The van der Waals surface area contributed by atoms with Crippen molar-refractivity contribution in [3.63, 3.8) is 0 Å². The number of nitrogens with zero attached hydrogens (tertiary/aromatic N) is 1. The molecule has 0 radical (unpaired) electrons. The summed E-state index contributed by atoms with van der Waals surface area (Å²) in [6, 6.07) is 19.1. The van der Waals surface area contributed by atoms with Gasteiger partial charge in [0, 0.05) is 25.5 Å². The molecule has 0 bridgehead atoms. The van der Waals surface area contributed by atoms with Crippen LogP contribution < -0.4 is 5.32 Å². The zero-order chi connectivity index (χ0) is 12.9. The van der Waals surface area contributed by atoms with Crippen LogP contribution in [0.25, 0.3) is 10.8 Å². The van der Waals surface area contributed by atoms with Crippen molar-refractivity contribution in [3.05, 3.63) is 78.1 Å².